The van der Waals surface area contributed by atoms with Crippen molar-refractivity contribution in [2.75, 3.05) is 0 Å². The van der Waals surface area contributed by atoms with Gasteiger partial charge in [-0.15, -0.1) is 11.3 Å². The van der Waals surface area contributed by atoms with Gasteiger partial charge in [-0.3, -0.25) is 0 Å². The minimum atomic E-state index is -0.0708. The van der Waals surface area contributed by atoms with Gasteiger partial charge in [0.05, 0.1) is 0 Å². The van der Waals surface area contributed by atoms with Crippen LogP contribution in [0.25, 0.3) is 21.6 Å². The molecule has 1 N–H and O–H groups in total. The summed E-state index contributed by atoms with van der Waals surface area (Å²) in [6.07, 6.45) is 0. The molecule has 0 saturated heterocycles. The SMILES string of the molecule is CC(C)(C)c1cccc(-c2ccsc2-c2ccsc2)c1O. The van der Waals surface area contributed by atoms with Crippen LogP contribution in [-0.2, 0) is 5.41 Å². The highest BCUT2D eigenvalue weighted by Crippen LogP contribution is 2.44. The Morgan fingerprint density at radius 1 is 0.952 bits per heavy atom. The first-order valence-corrected chi connectivity index (χ1v) is 8.73. The van der Waals surface area contributed by atoms with Gasteiger partial charge >= 0.3 is 0 Å². The number of rotatable bonds is 2. The van der Waals surface area contributed by atoms with E-state index in [0.717, 1.165) is 16.7 Å². The number of phenols is 1. The van der Waals surface area contributed by atoms with Crippen molar-refractivity contribution >= 4 is 22.7 Å². The number of benzene rings is 1. The molecule has 2 aromatic heterocycles. The summed E-state index contributed by atoms with van der Waals surface area (Å²) in [6.45, 7) is 6.37. The van der Waals surface area contributed by atoms with Crippen LogP contribution in [0.1, 0.15) is 26.3 Å². The van der Waals surface area contributed by atoms with Crippen LogP contribution in [0.2, 0.25) is 0 Å². The largest absolute Gasteiger partial charge is 0.507 e. The van der Waals surface area contributed by atoms with E-state index < -0.39 is 0 Å². The average molecular weight is 314 g/mol. The van der Waals surface area contributed by atoms with E-state index in [0.29, 0.717) is 5.75 Å². The molecule has 0 bridgehead atoms. The predicted molar refractivity (Wildman–Crippen MR) is 93.4 cm³/mol. The molecule has 0 saturated carbocycles. The Morgan fingerprint density at radius 3 is 2.43 bits per heavy atom. The van der Waals surface area contributed by atoms with Gasteiger partial charge in [0, 0.05) is 21.6 Å². The number of para-hydroxylation sites is 1. The number of aromatic hydroxyl groups is 1. The summed E-state index contributed by atoms with van der Waals surface area (Å²) < 4.78 is 0. The highest BCUT2D eigenvalue weighted by molar-refractivity contribution is 7.15. The Morgan fingerprint density at radius 2 is 1.76 bits per heavy atom. The molecule has 0 radical (unpaired) electrons. The lowest BCUT2D eigenvalue weighted by Gasteiger charge is -2.22. The van der Waals surface area contributed by atoms with Crippen LogP contribution in [0.5, 0.6) is 5.75 Å². The molecule has 0 aliphatic carbocycles. The second kappa shape index (κ2) is 5.32. The molecular weight excluding hydrogens is 296 g/mol. The first kappa shape index (κ1) is 14.4. The summed E-state index contributed by atoms with van der Waals surface area (Å²) in [7, 11) is 0. The molecule has 0 spiro atoms. The predicted octanol–water partition coefficient (Wildman–Crippen LogP) is 6.15. The molecular formula is C18H18OS2. The van der Waals surface area contributed by atoms with E-state index in [1.165, 1.54) is 10.4 Å². The van der Waals surface area contributed by atoms with Crippen molar-refractivity contribution in [2.45, 2.75) is 26.2 Å². The third kappa shape index (κ3) is 2.63. The Hall–Kier alpha value is -1.58. The van der Waals surface area contributed by atoms with Crippen molar-refractivity contribution in [1.82, 2.24) is 0 Å². The number of thiophene rings is 2. The van der Waals surface area contributed by atoms with Gasteiger partial charge < -0.3 is 5.11 Å². The molecule has 0 unspecified atom stereocenters. The van der Waals surface area contributed by atoms with Gasteiger partial charge in [-0.1, -0.05) is 39.0 Å². The minimum Gasteiger partial charge on any atom is -0.507 e. The fraction of sp³-hybridized carbons (Fsp3) is 0.222. The van der Waals surface area contributed by atoms with E-state index in [2.05, 4.69) is 49.0 Å². The van der Waals surface area contributed by atoms with Crippen LogP contribution in [0, 0.1) is 0 Å². The van der Waals surface area contributed by atoms with Gasteiger partial charge in [0.25, 0.3) is 0 Å². The summed E-state index contributed by atoms with van der Waals surface area (Å²) in [5.74, 6) is 0.403. The van der Waals surface area contributed by atoms with E-state index in [9.17, 15) is 5.11 Å². The van der Waals surface area contributed by atoms with Crippen molar-refractivity contribution in [2.24, 2.45) is 0 Å². The molecule has 3 aromatic rings. The van der Waals surface area contributed by atoms with E-state index in [1.807, 2.05) is 18.2 Å². The van der Waals surface area contributed by atoms with Crippen molar-refractivity contribution in [3.63, 3.8) is 0 Å². The zero-order valence-corrected chi connectivity index (χ0v) is 14.0. The summed E-state index contributed by atoms with van der Waals surface area (Å²) >= 11 is 3.42. The number of hydrogen-bond donors (Lipinski definition) is 1. The second-order valence-electron chi connectivity index (χ2n) is 6.13. The molecule has 0 fully saturated rings. The van der Waals surface area contributed by atoms with Crippen molar-refractivity contribution in [3.05, 3.63) is 52.0 Å². The summed E-state index contributed by atoms with van der Waals surface area (Å²) in [6, 6.07) is 10.3. The first-order valence-electron chi connectivity index (χ1n) is 6.91. The van der Waals surface area contributed by atoms with Gasteiger partial charge in [0.2, 0.25) is 0 Å². The standard InChI is InChI=1S/C18H18OS2/c1-18(2,3)15-6-4-5-13(16(15)19)14-8-10-21-17(14)12-7-9-20-11-12/h4-11,19H,1-3H3. The number of hydrogen-bond acceptors (Lipinski definition) is 3. The van der Waals surface area contributed by atoms with Gasteiger partial charge in [0.1, 0.15) is 5.75 Å². The molecule has 2 heterocycles. The Balaban J connectivity index is 2.17. The molecule has 3 heteroatoms. The molecule has 0 aliphatic heterocycles. The maximum Gasteiger partial charge on any atom is 0.127 e. The Bertz CT molecular complexity index is 746. The maximum atomic E-state index is 10.7. The normalized spacial score (nSPS) is 11.8. The minimum absolute atomic E-state index is 0.0708. The van der Waals surface area contributed by atoms with E-state index in [1.54, 1.807) is 22.7 Å². The van der Waals surface area contributed by atoms with Crippen LogP contribution >= 0.6 is 22.7 Å². The summed E-state index contributed by atoms with van der Waals surface area (Å²) in [5, 5.41) is 17.1. The van der Waals surface area contributed by atoms with Crippen LogP contribution in [-0.4, -0.2) is 5.11 Å². The van der Waals surface area contributed by atoms with Crippen LogP contribution in [0.3, 0.4) is 0 Å². The van der Waals surface area contributed by atoms with Crippen molar-refractivity contribution in [3.8, 4) is 27.3 Å². The molecule has 1 nitrogen and oxygen atoms in total. The van der Waals surface area contributed by atoms with Crippen molar-refractivity contribution in [1.29, 1.82) is 0 Å². The van der Waals surface area contributed by atoms with Gasteiger partial charge in [0.15, 0.2) is 0 Å². The van der Waals surface area contributed by atoms with Gasteiger partial charge in [-0.25, -0.2) is 0 Å². The van der Waals surface area contributed by atoms with Crippen LogP contribution in [0.4, 0.5) is 0 Å². The second-order valence-corrected chi connectivity index (χ2v) is 7.82. The van der Waals surface area contributed by atoms with Crippen LogP contribution in [0.15, 0.2) is 46.5 Å². The van der Waals surface area contributed by atoms with Gasteiger partial charge in [-0.05, 0) is 39.3 Å². The highest BCUT2D eigenvalue weighted by atomic mass is 32.1. The van der Waals surface area contributed by atoms with Crippen LogP contribution < -0.4 is 0 Å². The smallest absolute Gasteiger partial charge is 0.127 e. The molecule has 108 valence electrons. The topological polar surface area (TPSA) is 20.2 Å². The molecule has 3 rings (SSSR count). The molecule has 1 aromatic carbocycles. The lowest BCUT2D eigenvalue weighted by atomic mass is 9.84. The molecule has 0 atom stereocenters. The Kier molecular flexibility index (Phi) is 3.64. The fourth-order valence-electron chi connectivity index (χ4n) is 2.50. The van der Waals surface area contributed by atoms with E-state index >= 15 is 0 Å². The van der Waals surface area contributed by atoms with Gasteiger partial charge in [-0.2, -0.15) is 11.3 Å². The molecule has 0 aliphatic rings. The molecule has 21 heavy (non-hydrogen) atoms. The maximum absolute atomic E-state index is 10.7. The zero-order chi connectivity index (χ0) is 15.0. The lowest BCUT2D eigenvalue weighted by Crippen LogP contribution is -2.11. The van der Waals surface area contributed by atoms with E-state index in [-0.39, 0.29) is 5.41 Å². The monoisotopic (exact) mass is 314 g/mol. The molecule has 0 amide bonds. The Labute approximate surface area is 133 Å². The van der Waals surface area contributed by atoms with E-state index in [4.69, 9.17) is 0 Å². The third-order valence-electron chi connectivity index (χ3n) is 3.58. The average Bonchev–Trinajstić information content (AvgIpc) is 3.08. The summed E-state index contributed by atoms with van der Waals surface area (Å²) in [4.78, 5) is 1.22. The first-order chi connectivity index (χ1) is 9.98. The summed E-state index contributed by atoms with van der Waals surface area (Å²) in [5.41, 5.74) is 4.18. The fourth-order valence-corrected chi connectivity index (χ4v) is 4.13. The quantitative estimate of drug-likeness (QED) is 0.601. The highest BCUT2D eigenvalue weighted by Gasteiger charge is 2.21. The zero-order valence-electron chi connectivity index (χ0n) is 12.4. The van der Waals surface area contributed by atoms with Crippen molar-refractivity contribution < 1.29 is 5.11 Å². The lowest BCUT2D eigenvalue weighted by molar-refractivity contribution is 0.448. The third-order valence-corrected chi connectivity index (χ3v) is 5.23. The number of phenolic OH excluding ortho intramolecular Hbond substituents is 1.